The van der Waals surface area contributed by atoms with E-state index in [9.17, 15) is 14.0 Å². The summed E-state index contributed by atoms with van der Waals surface area (Å²) in [6, 6.07) is 5.26. The third-order valence-corrected chi connectivity index (χ3v) is 7.48. The molecule has 1 unspecified atom stereocenters. The topological polar surface area (TPSA) is 104 Å². The largest absolute Gasteiger partial charge is 0.350 e. The molecular formula is C28H35FN6O2. The zero-order valence-corrected chi connectivity index (χ0v) is 22.0. The molecule has 0 radical (unpaired) electrons. The lowest BCUT2D eigenvalue weighted by atomic mass is 9.88. The van der Waals surface area contributed by atoms with Crippen LogP contribution in [0.25, 0.3) is 11.3 Å². The first-order chi connectivity index (χ1) is 17.7. The van der Waals surface area contributed by atoms with E-state index in [-0.39, 0.29) is 11.8 Å². The zero-order valence-electron chi connectivity index (χ0n) is 22.0. The quantitative estimate of drug-likeness (QED) is 0.486. The van der Waals surface area contributed by atoms with Crippen molar-refractivity contribution in [2.45, 2.75) is 65.0 Å². The summed E-state index contributed by atoms with van der Waals surface area (Å²) in [5.41, 5.74) is 5.51. The molecule has 3 aromatic rings. The normalized spacial score (nSPS) is 18.1. The number of hydrogen-bond acceptors (Lipinski definition) is 6. The lowest BCUT2D eigenvalue weighted by Crippen LogP contribution is -2.46. The number of halogens is 1. The molecule has 9 heteroatoms. The highest BCUT2D eigenvalue weighted by molar-refractivity contribution is 5.79. The van der Waals surface area contributed by atoms with Gasteiger partial charge in [0.15, 0.2) is 12.1 Å². The molecular weight excluding hydrogens is 471 g/mol. The Balaban J connectivity index is 0.000000180. The number of H-pyrrole nitrogens is 1. The van der Waals surface area contributed by atoms with Crippen LogP contribution < -0.4 is 5.32 Å². The number of hydrogen-bond donors (Lipinski definition) is 2. The van der Waals surface area contributed by atoms with E-state index in [1.54, 1.807) is 6.07 Å². The van der Waals surface area contributed by atoms with E-state index in [0.717, 1.165) is 48.3 Å². The van der Waals surface area contributed by atoms with Gasteiger partial charge in [-0.25, -0.2) is 4.39 Å². The smallest absolute Gasteiger partial charge is 0.223 e. The molecule has 1 aliphatic carbocycles. The van der Waals surface area contributed by atoms with E-state index in [0.29, 0.717) is 35.3 Å². The molecule has 2 fully saturated rings. The van der Waals surface area contributed by atoms with Gasteiger partial charge in [-0.2, -0.15) is 5.10 Å². The standard InChI is InChI=1S/C17H25N3O.C11H10FN3O/c1-12-8-13(2)15(18-10-12)11-19-16(21)14-4-7-20(3)17(9-14)5-6-17;1-2-7-3-9(10(12)5-13-7)11-4-8(6-16)14-15-11/h8,10,14H,4-7,9,11H2,1-3H3,(H,19,21);3-6H,2H2,1H3,(H,14,15). The van der Waals surface area contributed by atoms with Crippen LogP contribution in [0, 0.1) is 25.6 Å². The van der Waals surface area contributed by atoms with E-state index in [1.807, 2.05) is 20.0 Å². The van der Waals surface area contributed by atoms with Crippen molar-refractivity contribution in [3.8, 4) is 11.3 Å². The number of aryl methyl sites for hydroxylation is 3. The molecule has 8 nitrogen and oxygen atoms in total. The minimum absolute atomic E-state index is 0.175. The molecule has 1 amide bonds. The summed E-state index contributed by atoms with van der Waals surface area (Å²) in [4.78, 5) is 33.7. The summed E-state index contributed by atoms with van der Waals surface area (Å²) in [7, 11) is 2.20. The van der Waals surface area contributed by atoms with E-state index in [4.69, 9.17) is 0 Å². The molecule has 5 rings (SSSR count). The van der Waals surface area contributed by atoms with Gasteiger partial charge < -0.3 is 10.2 Å². The number of carbonyl (C=O) groups is 2. The van der Waals surface area contributed by atoms with Gasteiger partial charge in [0.05, 0.1) is 29.8 Å². The van der Waals surface area contributed by atoms with Crippen molar-refractivity contribution in [1.29, 1.82) is 0 Å². The number of pyridine rings is 2. The lowest BCUT2D eigenvalue weighted by molar-refractivity contribution is -0.127. The van der Waals surface area contributed by atoms with Crippen molar-refractivity contribution >= 4 is 12.2 Å². The second-order valence-corrected chi connectivity index (χ2v) is 10.2. The first kappa shape index (κ1) is 26.6. The van der Waals surface area contributed by atoms with Crippen molar-refractivity contribution in [3.63, 3.8) is 0 Å². The molecule has 1 aliphatic heterocycles. The summed E-state index contributed by atoms with van der Waals surface area (Å²) >= 11 is 0. The van der Waals surface area contributed by atoms with E-state index >= 15 is 0 Å². The van der Waals surface area contributed by atoms with E-state index in [1.165, 1.54) is 25.1 Å². The molecule has 2 N–H and O–H groups in total. The molecule has 3 aromatic heterocycles. The van der Waals surface area contributed by atoms with E-state index < -0.39 is 5.82 Å². The van der Waals surface area contributed by atoms with Crippen molar-refractivity contribution < 1.29 is 14.0 Å². The van der Waals surface area contributed by atoms with Crippen molar-refractivity contribution in [3.05, 3.63) is 64.6 Å². The molecule has 1 saturated carbocycles. The van der Waals surface area contributed by atoms with Gasteiger partial charge in [0.2, 0.25) is 5.91 Å². The maximum atomic E-state index is 13.5. The third-order valence-electron chi connectivity index (χ3n) is 7.48. The summed E-state index contributed by atoms with van der Waals surface area (Å²) in [6.07, 6.45) is 8.90. The number of amides is 1. The van der Waals surface area contributed by atoms with E-state index in [2.05, 4.69) is 50.4 Å². The van der Waals surface area contributed by atoms with Crippen LogP contribution >= 0.6 is 0 Å². The molecule has 1 saturated heterocycles. The highest BCUT2D eigenvalue weighted by Crippen LogP contribution is 2.49. The molecule has 37 heavy (non-hydrogen) atoms. The predicted molar refractivity (Wildman–Crippen MR) is 139 cm³/mol. The Kier molecular flexibility index (Phi) is 8.12. The van der Waals surface area contributed by atoms with Gasteiger partial charge in [-0.05, 0) is 82.8 Å². The monoisotopic (exact) mass is 506 g/mol. The number of aromatic nitrogens is 4. The average molecular weight is 507 g/mol. The van der Waals surface area contributed by atoms with Crippen molar-refractivity contribution in [1.82, 2.24) is 30.4 Å². The fourth-order valence-corrected chi connectivity index (χ4v) is 4.91. The Morgan fingerprint density at radius 3 is 2.68 bits per heavy atom. The average Bonchev–Trinajstić information content (AvgIpc) is 3.50. The lowest BCUT2D eigenvalue weighted by Gasteiger charge is -2.37. The number of nitrogens with one attached hydrogen (secondary N) is 2. The minimum atomic E-state index is -0.443. The summed E-state index contributed by atoms with van der Waals surface area (Å²) in [5.74, 6) is -0.0632. The van der Waals surface area contributed by atoms with Gasteiger partial charge >= 0.3 is 0 Å². The number of likely N-dealkylation sites (tertiary alicyclic amines) is 1. The van der Waals surface area contributed by atoms with Gasteiger partial charge in [-0.3, -0.25) is 24.7 Å². The number of aromatic amines is 1. The van der Waals surface area contributed by atoms with Gasteiger partial charge in [-0.15, -0.1) is 0 Å². The Bertz CT molecular complexity index is 1270. The second kappa shape index (κ2) is 11.3. The zero-order chi connectivity index (χ0) is 26.6. The fraction of sp³-hybridized carbons (Fsp3) is 0.464. The van der Waals surface area contributed by atoms with Crippen LogP contribution in [0.2, 0.25) is 0 Å². The van der Waals surface area contributed by atoms with Crippen LogP contribution in [0.1, 0.15) is 65.6 Å². The van der Waals surface area contributed by atoms with Crippen LogP contribution in [0.5, 0.6) is 0 Å². The maximum Gasteiger partial charge on any atom is 0.223 e. The molecule has 1 atom stereocenters. The van der Waals surface area contributed by atoms with Crippen molar-refractivity contribution in [2.75, 3.05) is 13.6 Å². The van der Waals surface area contributed by atoms with Crippen LogP contribution in [-0.4, -0.2) is 56.4 Å². The highest BCUT2D eigenvalue weighted by Gasteiger charge is 2.50. The number of rotatable bonds is 6. The number of aldehydes is 1. The van der Waals surface area contributed by atoms with Crippen molar-refractivity contribution in [2.24, 2.45) is 5.92 Å². The number of piperidine rings is 1. The SMILES string of the molecule is CCc1cc(-c2cc(C=O)[nH]n2)c(F)cn1.Cc1cnc(CNC(=O)C2CCN(C)C3(CC3)C2)c(C)c1. The molecule has 2 aliphatic rings. The maximum absolute atomic E-state index is 13.5. The first-order valence-electron chi connectivity index (χ1n) is 12.8. The van der Waals surface area contributed by atoms with Gasteiger partial charge in [-0.1, -0.05) is 13.0 Å². The van der Waals surface area contributed by atoms with Gasteiger partial charge in [0.1, 0.15) is 0 Å². The van der Waals surface area contributed by atoms with Crippen LogP contribution in [0.15, 0.2) is 30.6 Å². The van der Waals surface area contributed by atoms with Gasteiger partial charge in [0.25, 0.3) is 0 Å². The highest BCUT2D eigenvalue weighted by atomic mass is 19.1. The van der Waals surface area contributed by atoms with Gasteiger partial charge in [0, 0.05) is 28.9 Å². The Hall–Kier alpha value is -3.46. The number of nitrogens with zero attached hydrogens (tertiary/aromatic N) is 4. The Morgan fingerprint density at radius 2 is 2.03 bits per heavy atom. The summed E-state index contributed by atoms with van der Waals surface area (Å²) in [6.45, 7) is 7.61. The summed E-state index contributed by atoms with van der Waals surface area (Å²) in [5, 5.41) is 9.47. The predicted octanol–water partition coefficient (Wildman–Crippen LogP) is 4.17. The third kappa shape index (κ3) is 6.28. The molecule has 0 bridgehead atoms. The number of carbonyl (C=O) groups excluding carboxylic acids is 2. The first-order valence-corrected chi connectivity index (χ1v) is 12.8. The Labute approximate surface area is 217 Å². The van der Waals surface area contributed by atoms with Crippen LogP contribution in [0.3, 0.4) is 0 Å². The second-order valence-electron chi connectivity index (χ2n) is 10.2. The fourth-order valence-electron chi connectivity index (χ4n) is 4.91. The van der Waals surface area contributed by atoms with Crippen LogP contribution in [0.4, 0.5) is 4.39 Å². The Morgan fingerprint density at radius 1 is 1.24 bits per heavy atom. The molecule has 4 heterocycles. The molecule has 196 valence electrons. The molecule has 0 aromatic carbocycles. The van der Waals surface area contributed by atoms with Crippen LogP contribution in [-0.2, 0) is 17.8 Å². The summed E-state index contributed by atoms with van der Waals surface area (Å²) < 4.78 is 13.5. The molecule has 1 spiro atoms. The minimum Gasteiger partial charge on any atom is -0.350 e.